The average Bonchev–Trinajstić information content (AvgIpc) is 2.99. The van der Waals surface area contributed by atoms with Gasteiger partial charge in [0, 0.05) is 6.42 Å². The lowest BCUT2D eigenvalue weighted by Gasteiger charge is -2.15. The number of unbranched alkanes of at least 4 members (excludes halogenated alkanes) is 1. The average molecular weight is 274 g/mol. The van der Waals surface area contributed by atoms with Crippen LogP contribution in [0.4, 0.5) is 0 Å². The minimum absolute atomic E-state index is 0.0332. The first-order valence-corrected chi connectivity index (χ1v) is 7.04. The summed E-state index contributed by atoms with van der Waals surface area (Å²) >= 11 is 0. The number of ether oxygens (including phenoxy) is 1. The molecule has 108 valence electrons. The van der Waals surface area contributed by atoms with E-state index in [1.165, 1.54) is 0 Å². The highest BCUT2D eigenvalue weighted by Crippen LogP contribution is 2.21. The van der Waals surface area contributed by atoms with Crippen LogP contribution in [0.3, 0.4) is 0 Å². The van der Waals surface area contributed by atoms with Crippen molar-refractivity contribution in [2.75, 3.05) is 6.61 Å². The number of benzene rings is 1. The molecule has 0 fully saturated rings. The van der Waals surface area contributed by atoms with Crippen LogP contribution in [-0.4, -0.2) is 6.61 Å². The lowest BCUT2D eigenvalue weighted by atomic mass is 10.0. The van der Waals surface area contributed by atoms with Crippen LogP contribution in [0.25, 0.3) is 0 Å². The van der Waals surface area contributed by atoms with Gasteiger partial charge in [0.25, 0.3) is 0 Å². The van der Waals surface area contributed by atoms with Crippen LogP contribution in [-0.2, 0) is 6.42 Å². The molecule has 0 spiro atoms. The van der Waals surface area contributed by atoms with Gasteiger partial charge in [-0.25, -0.2) is 0 Å². The molecular weight excluding hydrogens is 252 g/mol. The number of hydrogen-bond donors (Lipinski definition) is 2. The standard InChI is InChI=1S/C16H22N2O2/c1-2-3-10-19-14-8-6-13(7-9-14)16(18-17)12-15-5-4-11-20-15/h4-9,11,16,18H,2-3,10,12,17H2,1H3. The predicted molar refractivity (Wildman–Crippen MR) is 79.3 cm³/mol. The fourth-order valence-electron chi connectivity index (χ4n) is 2.03. The fourth-order valence-corrected chi connectivity index (χ4v) is 2.03. The molecule has 0 saturated carbocycles. The summed E-state index contributed by atoms with van der Waals surface area (Å²) in [6.07, 6.45) is 4.61. The largest absolute Gasteiger partial charge is 0.494 e. The third-order valence-electron chi connectivity index (χ3n) is 3.24. The molecule has 0 bridgehead atoms. The number of hydrazine groups is 1. The van der Waals surface area contributed by atoms with Gasteiger partial charge in [-0.3, -0.25) is 11.3 Å². The summed E-state index contributed by atoms with van der Waals surface area (Å²) in [4.78, 5) is 0. The second-order valence-corrected chi connectivity index (χ2v) is 4.77. The molecule has 2 aromatic rings. The SMILES string of the molecule is CCCCOc1ccc(C(Cc2ccco2)NN)cc1. The van der Waals surface area contributed by atoms with Gasteiger partial charge in [-0.05, 0) is 36.2 Å². The smallest absolute Gasteiger partial charge is 0.119 e. The zero-order valence-electron chi connectivity index (χ0n) is 11.8. The van der Waals surface area contributed by atoms with Crippen LogP contribution in [0, 0.1) is 0 Å². The van der Waals surface area contributed by atoms with Crippen molar-refractivity contribution in [3.63, 3.8) is 0 Å². The summed E-state index contributed by atoms with van der Waals surface area (Å²) in [6.45, 7) is 2.92. The van der Waals surface area contributed by atoms with Crippen LogP contribution in [0.15, 0.2) is 47.1 Å². The van der Waals surface area contributed by atoms with Crippen LogP contribution >= 0.6 is 0 Å². The monoisotopic (exact) mass is 274 g/mol. The Hall–Kier alpha value is -1.78. The van der Waals surface area contributed by atoms with E-state index in [-0.39, 0.29) is 6.04 Å². The molecule has 4 nitrogen and oxygen atoms in total. The van der Waals surface area contributed by atoms with Gasteiger partial charge in [0.05, 0.1) is 18.9 Å². The summed E-state index contributed by atoms with van der Waals surface area (Å²) in [5.74, 6) is 7.45. The maximum Gasteiger partial charge on any atom is 0.119 e. The van der Waals surface area contributed by atoms with Gasteiger partial charge in [0.1, 0.15) is 11.5 Å². The van der Waals surface area contributed by atoms with Gasteiger partial charge in [-0.15, -0.1) is 0 Å². The van der Waals surface area contributed by atoms with E-state index in [1.807, 2.05) is 36.4 Å². The highest BCUT2D eigenvalue weighted by atomic mass is 16.5. The Bertz CT molecular complexity index is 480. The lowest BCUT2D eigenvalue weighted by molar-refractivity contribution is 0.309. The molecular formula is C16H22N2O2. The third-order valence-corrected chi connectivity index (χ3v) is 3.24. The highest BCUT2D eigenvalue weighted by molar-refractivity contribution is 5.29. The predicted octanol–water partition coefficient (Wildman–Crippen LogP) is 3.21. The van der Waals surface area contributed by atoms with Crippen molar-refractivity contribution in [2.45, 2.75) is 32.2 Å². The Kier molecular flexibility index (Phi) is 5.65. The molecule has 20 heavy (non-hydrogen) atoms. The van der Waals surface area contributed by atoms with E-state index in [0.29, 0.717) is 0 Å². The van der Waals surface area contributed by atoms with E-state index in [4.69, 9.17) is 15.0 Å². The van der Waals surface area contributed by atoms with Crippen LogP contribution < -0.4 is 16.0 Å². The first kappa shape index (κ1) is 14.6. The molecule has 2 rings (SSSR count). The Balaban J connectivity index is 1.96. The number of nitrogens with two attached hydrogens (primary N) is 1. The number of furan rings is 1. The number of nitrogens with one attached hydrogen (secondary N) is 1. The van der Waals surface area contributed by atoms with E-state index in [1.54, 1.807) is 6.26 Å². The molecule has 0 aliphatic rings. The maximum atomic E-state index is 5.65. The lowest BCUT2D eigenvalue weighted by Crippen LogP contribution is -2.29. The molecule has 1 aromatic carbocycles. The van der Waals surface area contributed by atoms with Gasteiger partial charge in [-0.2, -0.15) is 0 Å². The second kappa shape index (κ2) is 7.72. The van der Waals surface area contributed by atoms with Crippen LogP contribution in [0.2, 0.25) is 0 Å². The van der Waals surface area contributed by atoms with E-state index < -0.39 is 0 Å². The van der Waals surface area contributed by atoms with Gasteiger partial charge in [0.2, 0.25) is 0 Å². The molecule has 0 saturated heterocycles. The maximum absolute atomic E-state index is 5.65. The fraction of sp³-hybridized carbons (Fsp3) is 0.375. The molecule has 1 unspecified atom stereocenters. The quantitative estimate of drug-likeness (QED) is 0.441. The molecule has 3 N–H and O–H groups in total. The number of rotatable bonds is 8. The van der Waals surface area contributed by atoms with Crippen molar-refractivity contribution in [3.8, 4) is 5.75 Å². The summed E-state index contributed by atoms with van der Waals surface area (Å²) in [5.41, 5.74) is 3.94. The Morgan fingerprint density at radius 1 is 1.25 bits per heavy atom. The van der Waals surface area contributed by atoms with Crippen molar-refractivity contribution in [2.24, 2.45) is 5.84 Å². The summed E-state index contributed by atoms with van der Waals surface area (Å²) < 4.78 is 11.0. The van der Waals surface area contributed by atoms with Crippen molar-refractivity contribution in [1.29, 1.82) is 0 Å². The van der Waals surface area contributed by atoms with Crippen molar-refractivity contribution in [1.82, 2.24) is 5.43 Å². The van der Waals surface area contributed by atoms with Gasteiger partial charge >= 0.3 is 0 Å². The molecule has 4 heteroatoms. The first-order chi connectivity index (χ1) is 9.83. The van der Waals surface area contributed by atoms with Crippen LogP contribution in [0.1, 0.15) is 37.1 Å². The molecule has 1 atom stereocenters. The molecule has 0 radical (unpaired) electrons. The summed E-state index contributed by atoms with van der Waals surface area (Å²) in [7, 11) is 0. The van der Waals surface area contributed by atoms with Crippen LogP contribution in [0.5, 0.6) is 5.75 Å². The first-order valence-electron chi connectivity index (χ1n) is 7.04. The van der Waals surface area contributed by atoms with Crippen molar-refractivity contribution in [3.05, 3.63) is 54.0 Å². The second-order valence-electron chi connectivity index (χ2n) is 4.77. The van der Waals surface area contributed by atoms with Crippen molar-refractivity contribution >= 4 is 0 Å². The summed E-state index contributed by atoms with van der Waals surface area (Å²) in [6, 6.07) is 11.9. The summed E-state index contributed by atoms with van der Waals surface area (Å²) in [5, 5.41) is 0. The van der Waals surface area contributed by atoms with E-state index in [2.05, 4.69) is 12.3 Å². The topological polar surface area (TPSA) is 60.4 Å². The van der Waals surface area contributed by atoms with E-state index >= 15 is 0 Å². The zero-order valence-corrected chi connectivity index (χ0v) is 11.8. The minimum Gasteiger partial charge on any atom is -0.494 e. The van der Waals surface area contributed by atoms with Gasteiger partial charge in [-0.1, -0.05) is 25.5 Å². The Morgan fingerprint density at radius 3 is 2.65 bits per heavy atom. The van der Waals surface area contributed by atoms with E-state index in [9.17, 15) is 0 Å². The molecule has 1 aromatic heterocycles. The molecule has 1 heterocycles. The normalized spacial score (nSPS) is 12.3. The third kappa shape index (κ3) is 4.11. The molecule has 0 aliphatic heterocycles. The minimum atomic E-state index is 0.0332. The van der Waals surface area contributed by atoms with Gasteiger partial charge < -0.3 is 9.15 Å². The number of hydrogen-bond acceptors (Lipinski definition) is 4. The Morgan fingerprint density at radius 2 is 2.05 bits per heavy atom. The van der Waals surface area contributed by atoms with E-state index in [0.717, 1.165) is 42.9 Å². The highest BCUT2D eigenvalue weighted by Gasteiger charge is 2.12. The molecule has 0 amide bonds. The van der Waals surface area contributed by atoms with Crippen molar-refractivity contribution < 1.29 is 9.15 Å². The van der Waals surface area contributed by atoms with Gasteiger partial charge in [0.15, 0.2) is 0 Å². The Labute approximate surface area is 119 Å². The molecule has 0 aliphatic carbocycles. The zero-order chi connectivity index (χ0) is 14.2.